The van der Waals surface area contributed by atoms with Gasteiger partial charge in [0.05, 0.1) is 0 Å². The van der Waals surface area contributed by atoms with Crippen LogP contribution in [0.15, 0.2) is 24.3 Å². The molecule has 3 heteroatoms. The molecule has 0 aromatic heterocycles. The van der Waals surface area contributed by atoms with E-state index in [9.17, 15) is 8.78 Å². The SMILES string of the molecule is CCNC(Cc1ccc(CC)cc1)C1CCC(F)(F)CC1. The Morgan fingerprint density at radius 1 is 1.10 bits per heavy atom. The number of benzene rings is 1. The first-order chi connectivity index (χ1) is 10.0. The van der Waals surface area contributed by atoms with Crippen LogP contribution in [-0.4, -0.2) is 18.5 Å². The number of hydrogen-bond donors (Lipinski definition) is 1. The standard InChI is InChI=1S/C18H27F2N/c1-3-14-5-7-15(8-6-14)13-17(21-4-2)16-9-11-18(19,20)12-10-16/h5-8,16-17,21H,3-4,9-13H2,1-2H3. The predicted octanol–water partition coefficient (Wildman–Crippen LogP) is 4.60. The zero-order valence-corrected chi connectivity index (χ0v) is 13.2. The van der Waals surface area contributed by atoms with Crippen LogP contribution < -0.4 is 5.32 Å². The van der Waals surface area contributed by atoms with Gasteiger partial charge in [-0.3, -0.25) is 0 Å². The maximum atomic E-state index is 13.3. The molecule has 0 saturated heterocycles. The number of likely N-dealkylation sites (N-methyl/N-ethyl adjacent to an activating group) is 1. The van der Waals surface area contributed by atoms with Gasteiger partial charge >= 0.3 is 0 Å². The van der Waals surface area contributed by atoms with Gasteiger partial charge in [-0.1, -0.05) is 38.1 Å². The minimum atomic E-state index is -2.43. The van der Waals surface area contributed by atoms with Crippen molar-refractivity contribution in [2.24, 2.45) is 5.92 Å². The van der Waals surface area contributed by atoms with Gasteiger partial charge in [-0.15, -0.1) is 0 Å². The van der Waals surface area contributed by atoms with Gasteiger partial charge in [0.2, 0.25) is 5.92 Å². The van der Waals surface area contributed by atoms with Gasteiger partial charge in [-0.25, -0.2) is 8.78 Å². The van der Waals surface area contributed by atoms with Crippen molar-refractivity contribution < 1.29 is 8.78 Å². The van der Waals surface area contributed by atoms with Crippen LogP contribution in [0.25, 0.3) is 0 Å². The fourth-order valence-corrected chi connectivity index (χ4v) is 3.30. The lowest BCUT2D eigenvalue weighted by Gasteiger charge is -2.34. The first kappa shape index (κ1) is 16.4. The van der Waals surface area contributed by atoms with Crippen LogP contribution in [0.2, 0.25) is 0 Å². The minimum Gasteiger partial charge on any atom is -0.314 e. The van der Waals surface area contributed by atoms with E-state index in [1.165, 1.54) is 11.1 Å². The Balaban J connectivity index is 1.98. The summed E-state index contributed by atoms with van der Waals surface area (Å²) in [4.78, 5) is 0. The second kappa shape index (κ2) is 7.35. The van der Waals surface area contributed by atoms with Crippen LogP contribution in [0, 0.1) is 5.92 Å². The van der Waals surface area contributed by atoms with Crippen molar-refractivity contribution in [3.8, 4) is 0 Å². The Morgan fingerprint density at radius 3 is 2.19 bits per heavy atom. The van der Waals surface area contributed by atoms with Crippen molar-refractivity contribution in [3.63, 3.8) is 0 Å². The molecule has 1 aliphatic rings. The van der Waals surface area contributed by atoms with E-state index < -0.39 is 5.92 Å². The normalized spacial score (nSPS) is 20.4. The average Bonchev–Trinajstić information content (AvgIpc) is 2.48. The van der Waals surface area contributed by atoms with E-state index in [1.807, 2.05) is 0 Å². The van der Waals surface area contributed by atoms with Crippen LogP contribution in [0.5, 0.6) is 0 Å². The van der Waals surface area contributed by atoms with E-state index in [-0.39, 0.29) is 12.8 Å². The van der Waals surface area contributed by atoms with Crippen LogP contribution in [0.1, 0.15) is 50.7 Å². The third-order valence-electron chi connectivity index (χ3n) is 4.68. The van der Waals surface area contributed by atoms with Gasteiger partial charge in [0.25, 0.3) is 0 Å². The fraction of sp³-hybridized carbons (Fsp3) is 0.667. The molecule has 0 aliphatic heterocycles. The Hall–Kier alpha value is -0.960. The van der Waals surface area contributed by atoms with Crippen molar-refractivity contribution in [1.29, 1.82) is 0 Å². The molecule has 1 aromatic carbocycles. The number of nitrogens with one attached hydrogen (secondary N) is 1. The lowest BCUT2D eigenvalue weighted by atomic mass is 9.80. The number of rotatable bonds is 6. The molecular weight excluding hydrogens is 268 g/mol. The largest absolute Gasteiger partial charge is 0.314 e. The molecule has 1 unspecified atom stereocenters. The van der Waals surface area contributed by atoms with Gasteiger partial charge in [0.15, 0.2) is 0 Å². The van der Waals surface area contributed by atoms with E-state index in [2.05, 4.69) is 43.4 Å². The van der Waals surface area contributed by atoms with Crippen molar-refractivity contribution in [1.82, 2.24) is 5.32 Å². The molecular formula is C18H27F2N. The van der Waals surface area contributed by atoms with Gasteiger partial charge in [0, 0.05) is 18.9 Å². The second-order valence-corrected chi connectivity index (χ2v) is 6.23. The highest BCUT2D eigenvalue weighted by atomic mass is 19.3. The van der Waals surface area contributed by atoms with Gasteiger partial charge in [-0.05, 0) is 49.3 Å². The van der Waals surface area contributed by atoms with E-state index in [1.54, 1.807) is 0 Å². The highest BCUT2D eigenvalue weighted by molar-refractivity contribution is 5.23. The van der Waals surface area contributed by atoms with Crippen LogP contribution in [0.4, 0.5) is 8.78 Å². The summed E-state index contributed by atoms with van der Waals surface area (Å²) in [7, 11) is 0. The lowest BCUT2D eigenvalue weighted by Crippen LogP contribution is -2.41. The van der Waals surface area contributed by atoms with E-state index in [0.717, 1.165) is 19.4 Å². The molecule has 1 atom stereocenters. The Labute approximate surface area is 127 Å². The quantitative estimate of drug-likeness (QED) is 0.809. The summed E-state index contributed by atoms with van der Waals surface area (Å²) in [5, 5.41) is 3.51. The molecule has 0 bridgehead atoms. The lowest BCUT2D eigenvalue weighted by molar-refractivity contribution is -0.0494. The van der Waals surface area contributed by atoms with Crippen molar-refractivity contribution >= 4 is 0 Å². The Morgan fingerprint density at radius 2 is 1.67 bits per heavy atom. The Kier molecular flexibility index (Phi) is 5.74. The maximum absolute atomic E-state index is 13.3. The monoisotopic (exact) mass is 295 g/mol. The zero-order chi connectivity index (χ0) is 15.3. The van der Waals surface area contributed by atoms with Crippen molar-refractivity contribution in [3.05, 3.63) is 35.4 Å². The first-order valence-electron chi connectivity index (χ1n) is 8.23. The molecule has 1 fully saturated rings. The highest BCUT2D eigenvalue weighted by Gasteiger charge is 2.37. The average molecular weight is 295 g/mol. The third-order valence-corrected chi connectivity index (χ3v) is 4.68. The third kappa shape index (κ3) is 4.77. The molecule has 1 saturated carbocycles. The van der Waals surface area contributed by atoms with E-state index in [0.29, 0.717) is 24.8 Å². The molecule has 0 heterocycles. The second-order valence-electron chi connectivity index (χ2n) is 6.23. The molecule has 1 nitrogen and oxygen atoms in total. The highest BCUT2D eigenvalue weighted by Crippen LogP contribution is 2.38. The smallest absolute Gasteiger partial charge is 0.248 e. The molecule has 0 spiro atoms. The predicted molar refractivity (Wildman–Crippen MR) is 83.9 cm³/mol. The molecule has 21 heavy (non-hydrogen) atoms. The summed E-state index contributed by atoms with van der Waals surface area (Å²) in [6.45, 7) is 5.13. The van der Waals surface area contributed by atoms with E-state index >= 15 is 0 Å². The molecule has 0 amide bonds. The van der Waals surface area contributed by atoms with Crippen molar-refractivity contribution in [2.75, 3.05) is 6.54 Å². The molecule has 0 radical (unpaired) electrons. The summed E-state index contributed by atoms with van der Waals surface area (Å²) in [6, 6.07) is 9.03. The minimum absolute atomic E-state index is 0.0499. The van der Waals surface area contributed by atoms with E-state index in [4.69, 9.17) is 0 Å². The van der Waals surface area contributed by atoms with Gasteiger partial charge in [0.1, 0.15) is 0 Å². The first-order valence-corrected chi connectivity index (χ1v) is 8.23. The number of aryl methyl sites for hydroxylation is 1. The maximum Gasteiger partial charge on any atom is 0.248 e. The summed E-state index contributed by atoms with van der Waals surface area (Å²) in [6.07, 6.45) is 3.36. The topological polar surface area (TPSA) is 12.0 Å². The fourth-order valence-electron chi connectivity index (χ4n) is 3.30. The summed E-state index contributed by atoms with van der Waals surface area (Å²) in [5.74, 6) is -2.06. The molecule has 2 rings (SSSR count). The molecule has 1 aromatic rings. The van der Waals surface area contributed by atoms with Crippen LogP contribution in [0.3, 0.4) is 0 Å². The number of alkyl halides is 2. The van der Waals surface area contributed by atoms with Crippen molar-refractivity contribution in [2.45, 2.75) is 64.3 Å². The van der Waals surface area contributed by atoms with Crippen LogP contribution in [-0.2, 0) is 12.8 Å². The van der Waals surface area contributed by atoms with Gasteiger partial charge in [-0.2, -0.15) is 0 Å². The summed E-state index contributed by atoms with van der Waals surface area (Å²) < 4.78 is 26.6. The molecule has 1 aliphatic carbocycles. The van der Waals surface area contributed by atoms with Gasteiger partial charge < -0.3 is 5.32 Å². The zero-order valence-electron chi connectivity index (χ0n) is 13.2. The Bertz CT molecular complexity index is 417. The number of hydrogen-bond acceptors (Lipinski definition) is 1. The van der Waals surface area contributed by atoms with Crippen LogP contribution >= 0.6 is 0 Å². The summed E-state index contributed by atoms with van der Waals surface area (Å²) in [5.41, 5.74) is 2.64. The number of halogens is 2. The summed E-state index contributed by atoms with van der Waals surface area (Å²) >= 11 is 0. The molecule has 118 valence electrons. The molecule has 1 N–H and O–H groups in total.